The van der Waals surface area contributed by atoms with Gasteiger partial charge in [-0.3, -0.25) is 0 Å². The predicted octanol–water partition coefficient (Wildman–Crippen LogP) is 4.03. The van der Waals surface area contributed by atoms with Crippen LogP contribution in [-0.4, -0.2) is 30.2 Å². The van der Waals surface area contributed by atoms with Gasteiger partial charge in [0.1, 0.15) is 23.6 Å². The Hall–Kier alpha value is -0.473. The lowest BCUT2D eigenvalue weighted by molar-refractivity contribution is 0.254. The van der Waals surface area contributed by atoms with Gasteiger partial charge in [-0.25, -0.2) is 14.4 Å². The van der Waals surface area contributed by atoms with E-state index in [2.05, 4.69) is 77.6 Å². The van der Waals surface area contributed by atoms with E-state index in [0.29, 0.717) is 0 Å². The van der Waals surface area contributed by atoms with Crippen molar-refractivity contribution in [3.8, 4) is 0 Å². The third-order valence-corrected chi connectivity index (χ3v) is 7.09. The summed E-state index contributed by atoms with van der Waals surface area (Å²) in [6.07, 6.45) is 5.61. The first-order valence-corrected chi connectivity index (χ1v) is 9.72. The standard InChI is InChI=1S/C14H21IN3OSi/c1-10(8-19-20(5)14(2,3)4)18-7-12(15)11-6-16-9-17-13(11)18/h6-7,9-10H,8H2,1-5H3/q+1. The average molecular weight is 402 g/mol. The first-order valence-electron chi connectivity index (χ1n) is 6.73. The van der Waals surface area contributed by atoms with Crippen molar-refractivity contribution in [2.45, 2.75) is 45.3 Å². The number of nitrogens with zero attached hydrogens (tertiary/aromatic N) is 3. The summed E-state index contributed by atoms with van der Waals surface area (Å²) >= 11 is 2.33. The van der Waals surface area contributed by atoms with Crippen LogP contribution >= 0.6 is 22.6 Å². The number of hydrogen-bond donors (Lipinski definition) is 0. The molecule has 1 unspecified atom stereocenters. The molecule has 0 bridgehead atoms. The van der Waals surface area contributed by atoms with Gasteiger partial charge < -0.3 is 4.57 Å². The maximum Gasteiger partial charge on any atom is 0.475 e. The Morgan fingerprint density at radius 3 is 2.80 bits per heavy atom. The molecule has 20 heavy (non-hydrogen) atoms. The second kappa shape index (κ2) is 6.11. The SMILES string of the molecule is CC(CO[Si+](C)C(C)(C)C)n1cc(I)c2cncnc21. The molecular formula is C14H21IN3OSi+. The minimum atomic E-state index is -0.801. The zero-order valence-corrected chi connectivity index (χ0v) is 15.8. The molecule has 2 rings (SSSR count). The second-order valence-corrected chi connectivity index (χ2v) is 10.2. The third kappa shape index (κ3) is 3.40. The molecule has 2 aromatic heterocycles. The zero-order valence-electron chi connectivity index (χ0n) is 12.6. The molecule has 0 saturated carbocycles. The largest absolute Gasteiger partial charge is 0.475 e. The highest BCUT2D eigenvalue weighted by atomic mass is 127. The highest BCUT2D eigenvalue weighted by molar-refractivity contribution is 14.1. The van der Waals surface area contributed by atoms with Gasteiger partial charge in [0.25, 0.3) is 0 Å². The Kier molecular flexibility index (Phi) is 4.86. The van der Waals surface area contributed by atoms with E-state index >= 15 is 0 Å². The van der Waals surface area contributed by atoms with Crippen molar-refractivity contribution < 1.29 is 4.43 Å². The van der Waals surface area contributed by atoms with Crippen LogP contribution in [0.5, 0.6) is 0 Å². The predicted molar refractivity (Wildman–Crippen MR) is 92.2 cm³/mol. The van der Waals surface area contributed by atoms with E-state index in [0.717, 1.165) is 17.6 Å². The lowest BCUT2D eigenvalue weighted by Gasteiger charge is -2.16. The number of halogens is 1. The Labute approximate surface area is 135 Å². The minimum absolute atomic E-state index is 0.264. The minimum Gasteiger partial charge on any atom is -0.326 e. The Bertz CT molecular complexity index is 594. The highest BCUT2D eigenvalue weighted by Gasteiger charge is 2.39. The maximum absolute atomic E-state index is 6.12. The molecule has 2 aromatic rings. The normalized spacial score (nSPS) is 13.7. The van der Waals surface area contributed by atoms with Crippen LogP contribution in [0.4, 0.5) is 0 Å². The maximum atomic E-state index is 6.12. The van der Waals surface area contributed by atoms with E-state index in [9.17, 15) is 0 Å². The molecule has 0 spiro atoms. The van der Waals surface area contributed by atoms with Crippen LogP contribution in [0.1, 0.15) is 33.7 Å². The van der Waals surface area contributed by atoms with Crippen LogP contribution in [0.3, 0.4) is 0 Å². The van der Waals surface area contributed by atoms with E-state index in [1.807, 2.05) is 6.20 Å². The summed E-state index contributed by atoms with van der Waals surface area (Å²) in [5.41, 5.74) is 0.987. The van der Waals surface area contributed by atoms with Crippen molar-refractivity contribution in [3.05, 3.63) is 22.3 Å². The topological polar surface area (TPSA) is 39.9 Å². The van der Waals surface area contributed by atoms with Gasteiger partial charge >= 0.3 is 9.04 Å². The summed E-state index contributed by atoms with van der Waals surface area (Å²) in [5.74, 6) is 0. The molecule has 1 atom stereocenters. The summed E-state index contributed by atoms with van der Waals surface area (Å²) in [4.78, 5) is 8.50. The van der Waals surface area contributed by atoms with Gasteiger partial charge in [0.15, 0.2) is 0 Å². The van der Waals surface area contributed by atoms with Crippen LogP contribution in [0.15, 0.2) is 18.7 Å². The smallest absolute Gasteiger partial charge is 0.326 e. The molecule has 0 fully saturated rings. The molecule has 2 heterocycles. The van der Waals surface area contributed by atoms with Gasteiger partial charge in [-0.15, -0.1) is 0 Å². The van der Waals surface area contributed by atoms with Gasteiger partial charge in [-0.1, -0.05) is 0 Å². The molecule has 0 radical (unpaired) electrons. The molecule has 4 nitrogen and oxygen atoms in total. The van der Waals surface area contributed by atoms with E-state index in [4.69, 9.17) is 4.43 Å². The van der Waals surface area contributed by atoms with Crippen LogP contribution in [0.25, 0.3) is 11.0 Å². The van der Waals surface area contributed by atoms with E-state index in [1.54, 1.807) is 6.33 Å². The molecule has 0 aliphatic rings. The molecule has 0 aromatic carbocycles. The fourth-order valence-corrected chi connectivity index (χ4v) is 3.43. The molecule has 0 saturated heterocycles. The van der Waals surface area contributed by atoms with Gasteiger partial charge in [0.05, 0.1) is 18.0 Å². The van der Waals surface area contributed by atoms with Crippen molar-refractivity contribution in [2.24, 2.45) is 0 Å². The van der Waals surface area contributed by atoms with Crippen molar-refractivity contribution >= 4 is 42.7 Å². The summed E-state index contributed by atoms with van der Waals surface area (Å²) in [5, 5.41) is 1.37. The molecule has 0 aliphatic carbocycles. The van der Waals surface area contributed by atoms with Crippen LogP contribution in [-0.2, 0) is 4.43 Å². The average Bonchev–Trinajstić information content (AvgIpc) is 2.72. The van der Waals surface area contributed by atoms with Crippen LogP contribution in [0, 0.1) is 3.57 Å². The van der Waals surface area contributed by atoms with E-state index in [-0.39, 0.29) is 11.1 Å². The Balaban J connectivity index is 2.14. The summed E-state index contributed by atoms with van der Waals surface area (Å²) < 4.78 is 9.49. The fraction of sp³-hybridized carbons (Fsp3) is 0.571. The number of hydrogen-bond acceptors (Lipinski definition) is 3. The fourth-order valence-electron chi connectivity index (χ4n) is 1.83. The zero-order chi connectivity index (χ0) is 14.9. The van der Waals surface area contributed by atoms with Gasteiger partial charge in [-0.05, 0) is 50.3 Å². The highest BCUT2D eigenvalue weighted by Crippen LogP contribution is 2.28. The molecule has 108 valence electrons. The molecular weight excluding hydrogens is 381 g/mol. The number of aromatic nitrogens is 3. The van der Waals surface area contributed by atoms with Crippen molar-refractivity contribution in [2.75, 3.05) is 6.61 Å². The van der Waals surface area contributed by atoms with Crippen molar-refractivity contribution in [1.29, 1.82) is 0 Å². The lowest BCUT2D eigenvalue weighted by atomic mass is 10.3. The first kappa shape index (κ1) is 15.9. The summed E-state index contributed by atoms with van der Waals surface area (Å²) in [7, 11) is -0.801. The van der Waals surface area contributed by atoms with Crippen LogP contribution < -0.4 is 0 Å². The molecule has 0 amide bonds. The number of fused-ring (bicyclic) bond motifs is 1. The molecule has 0 aliphatic heterocycles. The molecule has 6 heteroatoms. The molecule has 0 N–H and O–H groups in total. The van der Waals surface area contributed by atoms with Gasteiger partial charge in [0, 0.05) is 16.0 Å². The van der Waals surface area contributed by atoms with Crippen molar-refractivity contribution in [3.63, 3.8) is 0 Å². The third-order valence-electron chi connectivity index (χ3n) is 3.52. The van der Waals surface area contributed by atoms with Crippen molar-refractivity contribution in [1.82, 2.24) is 14.5 Å². The first-order chi connectivity index (χ1) is 9.30. The Morgan fingerprint density at radius 1 is 1.45 bits per heavy atom. The Morgan fingerprint density at radius 2 is 2.15 bits per heavy atom. The monoisotopic (exact) mass is 402 g/mol. The summed E-state index contributed by atoms with van der Waals surface area (Å²) in [6, 6.07) is 0.276. The van der Waals surface area contributed by atoms with Gasteiger partial charge in [0.2, 0.25) is 0 Å². The summed E-state index contributed by atoms with van der Waals surface area (Å²) in [6.45, 7) is 11.9. The van der Waals surface area contributed by atoms with E-state index in [1.165, 1.54) is 3.57 Å². The van der Waals surface area contributed by atoms with E-state index < -0.39 is 9.04 Å². The number of rotatable bonds is 4. The second-order valence-electron chi connectivity index (χ2n) is 6.11. The van der Waals surface area contributed by atoms with Gasteiger partial charge in [-0.2, -0.15) is 0 Å². The van der Waals surface area contributed by atoms with Crippen LogP contribution in [0.2, 0.25) is 11.6 Å². The lowest BCUT2D eigenvalue weighted by Crippen LogP contribution is -2.28. The quantitative estimate of drug-likeness (QED) is 0.573.